The number of carbonyl (C=O) groups excluding carboxylic acids is 1. The minimum absolute atomic E-state index is 0.0322. The van der Waals surface area contributed by atoms with E-state index in [4.69, 9.17) is 0 Å². The van der Waals surface area contributed by atoms with E-state index in [1.165, 1.54) is 37.9 Å². The largest absolute Gasteiger partial charge is 0.466 e. The van der Waals surface area contributed by atoms with Gasteiger partial charge in [0.2, 0.25) is 5.75 Å². The lowest BCUT2D eigenvalue weighted by molar-refractivity contribution is -0.137. The lowest BCUT2D eigenvalue weighted by atomic mass is 10.3. The highest BCUT2D eigenvalue weighted by atomic mass is 32.2. The van der Waals surface area contributed by atoms with Crippen molar-refractivity contribution in [1.82, 2.24) is 0 Å². The molecule has 0 aromatic rings. The molecule has 0 aromatic heterocycles. The van der Waals surface area contributed by atoms with E-state index < -0.39 is 0 Å². The van der Waals surface area contributed by atoms with Crippen LogP contribution >= 0.6 is 0 Å². The lowest BCUT2D eigenvalue weighted by Crippen LogP contribution is -2.26. The van der Waals surface area contributed by atoms with Gasteiger partial charge in [-0.05, 0) is 30.2 Å². The van der Waals surface area contributed by atoms with Gasteiger partial charge in [0.1, 0.15) is 11.5 Å². The smallest absolute Gasteiger partial charge is 0.355 e. The predicted molar refractivity (Wildman–Crippen MR) is 47.8 cm³/mol. The zero-order valence-corrected chi connectivity index (χ0v) is 7.78. The van der Waals surface area contributed by atoms with Gasteiger partial charge in [-0.3, -0.25) is 0 Å². The van der Waals surface area contributed by atoms with Crippen molar-refractivity contribution in [1.29, 1.82) is 0 Å². The normalized spacial score (nSPS) is 19.7. The quantitative estimate of drug-likeness (QED) is 0.461. The van der Waals surface area contributed by atoms with E-state index in [0.29, 0.717) is 16.6 Å². The fourth-order valence-corrected chi connectivity index (χ4v) is 3.43. The van der Waals surface area contributed by atoms with Crippen LogP contribution in [0.25, 0.3) is 0 Å². The maximum absolute atomic E-state index is 10.9. The Bertz CT molecular complexity index is 130. The second kappa shape index (κ2) is 4.65. The summed E-state index contributed by atoms with van der Waals surface area (Å²) in [5, 5.41) is 0. The summed E-state index contributed by atoms with van der Waals surface area (Å²) in [6.45, 7) is 0. The molecule has 0 atom stereocenters. The molecule has 1 aliphatic heterocycles. The van der Waals surface area contributed by atoms with Crippen LogP contribution < -0.4 is 0 Å². The molecule has 1 fully saturated rings. The van der Waals surface area contributed by atoms with Gasteiger partial charge in [-0.2, -0.15) is 0 Å². The van der Waals surface area contributed by atoms with Gasteiger partial charge >= 0.3 is 5.97 Å². The fraction of sp³-hybridized carbons (Fsp3) is 0.875. The molecule has 0 aromatic carbocycles. The summed E-state index contributed by atoms with van der Waals surface area (Å²) >= 11 is 0. The Morgan fingerprint density at radius 3 is 2.55 bits per heavy atom. The first-order valence-corrected chi connectivity index (χ1v) is 5.77. The molecular formula is C8H15O2S+. The van der Waals surface area contributed by atoms with E-state index in [9.17, 15) is 4.79 Å². The van der Waals surface area contributed by atoms with Gasteiger partial charge in [-0.1, -0.05) is 0 Å². The van der Waals surface area contributed by atoms with Crippen molar-refractivity contribution in [3.05, 3.63) is 0 Å². The Morgan fingerprint density at radius 1 is 1.36 bits per heavy atom. The number of rotatable bonds is 2. The van der Waals surface area contributed by atoms with Gasteiger partial charge in [0.05, 0.1) is 7.11 Å². The molecule has 0 bridgehead atoms. The second-order valence-corrected chi connectivity index (χ2v) is 5.13. The van der Waals surface area contributed by atoms with Gasteiger partial charge in [-0.25, -0.2) is 4.79 Å². The van der Waals surface area contributed by atoms with Gasteiger partial charge in [0.15, 0.2) is 0 Å². The first-order chi connectivity index (χ1) is 5.33. The summed E-state index contributed by atoms with van der Waals surface area (Å²) in [4.78, 5) is 10.9. The Hall–Kier alpha value is -0.180. The van der Waals surface area contributed by atoms with E-state index in [1.807, 2.05) is 0 Å². The summed E-state index contributed by atoms with van der Waals surface area (Å²) in [6, 6.07) is 0. The summed E-state index contributed by atoms with van der Waals surface area (Å²) < 4.78 is 4.62. The number of ether oxygens (including phenoxy) is 1. The monoisotopic (exact) mass is 175 g/mol. The molecule has 2 nitrogen and oxygen atoms in total. The Kier molecular flexibility index (Phi) is 3.77. The van der Waals surface area contributed by atoms with Crippen LogP contribution in [-0.4, -0.2) is 30.3 Å². The molecule has 1 rings (SSSR count). The average Bonchev–Trinajstić information content (AvgIpc) is 2.06. The first-order valence-electron chi connectivity index (χ1n) is 4.04. The van der Waals surface area contributed by atoms with Crippen molar-refractivity contribution < 1.29 is 9.53 Å². The number of hydrogen-bond donors (Lipinski definition) is 0. The molecule has 0 amide bonds. The third-order valence-electron chi connectivity index (χ3n) is 1.92. The van der Waals surface area contributed by atoms with Gasteiger partial charge in [0, 0.05) is 0 Å². The predicted octanol–water partition coefficient (Wildman–Crippen LogP) is 0.962. The molecular weight excluding hydrogens is 160 g/mol. The summed E-state index contributed by atoms with van der Waals surface area (Å²) in [6.07, 6.45) is 3.96. The molecule has 0 saturated carbocycles. The van der Waals surface area contributed by atoms with E-state index in [2.05, 4.69) is 4.74 Å². The highest BCUT2D eigenvalue weighted by Crippen LogP contribution is 2.13. The van der Waals surface area contributed by atoms with Gasteiger partial charge < -0.3 is 4.74 Å². The molecule has 1 saturated heterocycles. The van der Waals surface area contributed by atoms with Crippen LogP contribution in [0.4, 0.5) is 0 Å². The molecule has 0 unspecified atom stereocenters. The molecule has 64 valence electrons. The van der Waals surface area contributed by atoms with Crippen LogP contribution in [0, 0.1) is 0 Å². The number of methoxy groups -OCH3 is 1. The van der Waals surface area contributed by atoms with Crippen LogP contribution in [0.5, 0.6) is 0 Å². The SMILES string of the molecule is COC(=O)C[S+]1CCCCC1. The maximum Gasteiger partial charge on any atom is 0.355 e. The topological polar surface area (TPSA) is 26.3 Å². The summed E-state index contributed by atoms with van der Waals surface area (Å²) in [5.41, 5.74) is 0. The van der Waals surface area contributed by atoms with Crippen molar-refractivity contribution in [2.75, 3.05) is 24.4 Å². The zero-order chi connectivity index (χ0) is 8.10. The first kappa shape index (κ1) is 8.91. The summed E-state index contributed by atoms with van der Waals surface area (Å²) in [5.74, 6) is 3.12. The lowest BCUT2D eigenvalue weighted by Gasteiger charge is -2.11. The molecule has 0 spiro atoms. The minimum Gasteiger partial charge on any atom is -0.466 e. The molecule has 1 aliphatic rings. The van der Waals surface area contributed by atoms with E-state index in [1.54, 1.807) is 0 Å². The van der Waals surface area contributed by atoms with Crippen LogP contribution in [-0.2, 0) is 20.4 Å². The van der Waals surface area contributed by atoms with Crippen molar-refractivity contribution >= 4 is 16.9 Å². The van der Waals surface area contributed by atoms with Gasteiger partial charge in [-0.15, -0.1) is 0 Å². The second-order valence-electron chi connectivity index (χ2n) is 2.80. The van der Waals surface area contributed by atoms with E-state index in [0.717, 1.165) is 0 Å². The van der Waals surface area contributed by atoms with Crippen molar-refractivity contribution in [2.45, 2.75) is 19.3 Å². The highest BCUT2D eigenvalue weighted by Gasteiger charge is 2.25. The molecule has 11 heavy (non-hydrogen) atoms. The molecule has 0 aliphatic carbocycles. The van der Waals surface area contributed by atoms with E-state index in [-0.39, 0.29) is 5.97 Å². The fourth-order valence-electron chi connectivity index (χ4n) is 1.26. The molecule has 0 radical (unpaired) electrons. The number of hydrogen-bond acceptors (Lipinski definition) is 2. The third kappa shape index (κ3) is 3.14. The molecule has 3 heteroatoms. The summed E-state index contributed by atoms with van der Waals surface area (Å²) in [7, 11) is 1.82. The number of carbonyl (C=O) groups is 1. The molecule has 1 heterocycles. The third-order valence-corrected chi connectivity index (χ3v) is 4.29. The standard InChI is InChI=1S/C8H15O2S/c1-10-8(9)7-11-5-3-2-4-6-11/h2-7H2,1H3/q+1. The minimum atomic E-state index is -0.0322. The maximum atomic E-state index is 10.9. The van der Waals surface area contributed by atoms with Crippen molar-refractivity contribution in [2.24, 2.45) is 0 Å². The van der Waals surface area contributed by atoms with Crippen molar-refractivity contribution in [3.8, 4) is 0 Å². The Morgan fingerprint density at radius 2 is 2.00 bits per heavy atom. The highest BCUT2D eigenvalue weighted by molar-refractivity contribution is 7.97. The van der Waals surface area contributed by atoms with Crippen LogP contribution in [0.3, 0.4) is 0 Å². The Labute approximate surface area is 70.7 Å². The molecule has 0 N–H and O–H groups in total. The van der Waals surface area contributed by atoms with Crippen LogP contribution in [0.1, 0.15) is 19.3 Å². The number of esters is 1. The van der Waals surface area contributed by atoms with Crippen LogP contribution in [0.2, 0.25) is 0 Å². The Balaban J connectivity index is 2.19. The van der Waals surface area contributed by atoms with Crippen molar-refractivity contribution in [3.63, 3.8) is 0 Å². The van der Waals surface area contributed by atoms with E-state index >= 15 is 0 Å². The van der Waals surface area contributed by atoms with Crippen LogP contribution in [0.15, 0.2) is 0 Å². The average molecular weight is 175 g/mol. The van der Waals surface area contributed by atoms with Gasteiger partial charge in [0.25, 0.3) is 0 Å². The zero-order valence-electron chi connectivity index (χ0n) is 6.97.